The van der Waals surface area contributed by atoms with Crippen molar-refractivity contribution in [3.8, 4) is 11.8 Å². The van der Waals surface area contributed by atoms with Gasteiger partial charge in [-0.05, 0) is 36.2 Å². The molecule has 3 heterocycles. The molecule has 1 fully saturated rings. The number of para-hydroxylation sites is 1. The Morgan fingerprint density at radius 3 is 2.50 bits per heavy atom. The highest BCUT2D eigenvalue weighted by Gasteiger charge is 2.18. The largest absolute Gasteiger partial charge is 0.421 e. The van der Waals surface area contributed by atoms with Crippen molar-refractivity contribution in [2.24, 2.45) is 0 Å². The smallest absolute Gasteiger partial charge is 0.226 e. The molecule has 0 spiro atoms. The lowest BCUT2D eigenvalue weighted by Gasteiger charge is -2.35. The van der Waals surface area contributed by atoms with E-state index in [4.69, 9.17) is 4.74 Å². The van der Waals surface area contributed by atoms with E-state index in [1.54, 1.807) is 0 Å². The highest BCUT2D eigenvalue weighted by Crippen LogP contribution is 2.23. The quantitative estimate of drug-likeness (QED) is 0.455. The summed E-state index contributed by atoms with van der Waals surface area (Å²) in [5.41, 5.74) is 2.05. The molecule has 162 valence electrons. The van der Waals surface area contributed by atoms with Gasteiger partial charge in [0.2, 0.25) is 11.8 Å². The third-order valence-electron chi connectivity index (χ3n) is 5.74. The number of hydrogen-bond donors (Lipinski definition) is 0. The van der Waals surface area contributed by atoms with Crippen LogP contribution in [0, 0.1) is 5.82 Å². The van der Waals surface area contributed by atoms with Gasteiger partial charge in [0.05, 0.1) is 5.52 Å². The number of nitrogens with zero attached hydrogens (tertiary/aromatic N) is 5. The Kier molecular flexibility index (Phi) is 5.89. The summed E-state index contributed by atoms with van der Waals surface area (Å²) in [7, 11) is 0. The Morgan fingerprint density at radius 1 is 0.844 bits per heavy atom. The van der Waals surface area contributed by atoms with Gasteiger partial charge in [-0.15, -0.1) is 0 Å². The maximum Gasteiger partial charge on any atom is 0.226 e. The van der Waals surface area contributed by atoms with Crippen molar-refractivity contribution in [1.29, 1.82) is 0 Å². The summed E-state index contributed by atoms with van der Waals surface area (Å²) in [6.07, 6.45) is 2.46. The molecule has 6 nitrogen and oxygen atoms in total. The molecule has 0 unspecified atom stereocenters. The minimum atomic E-state index is -0.188. The van der Waals surface area contributed by atoms with E-state index < -0.39 is 0 Å². The standard InChI is InChI=1S/C25H24FN5O/c26-21-8-5-19(6-9-21)11-12-30-13-15-31(16-14-30)23-17-25(28-18-27-23)32-24-10-7-20-3-1-2-4-22(20)29-24/h1-10,17-18H,11-16H2. The van der Waals surface area contributed by atoms with E-state index in [-0.39, 0.29) is 5.82 Å². The maximum absolute atomic E-state index is 13.1. The van der Waals surface area contributed by atoms with Crippen molar-refractivity contribution in [3.63, 3.8) is 0 Å². The van der Waals surface area contributed by atoms with Crippen LogP contribution in [0.25, 0.3) is 10.9 Å². The fourth-order valence-corrected chi connectivity index (χ4v) is 3.91. The van der Waals surface area contributed by atoms with Gasteiger partial charge in [-0.25, -0.2) is 19.3 Å². The summed E-state index contributed by atoms with van der Waals surface area (Å²) in [6, 6.07) is 20.4. The Labute approximate surface area is 186 Å². The number of ether oxygens (including phenoxy) is 1. The fourth-order valence-electron chi connectivity index (χ4n) is 3.91. The molecule has 0 N–H and O–H groups in total. The van der Waals surface area contributed by atoms with E-state index in [1.807, 2.05) is 54.6 Å². The van der Waals surface area contributed by atoms with Gasteiger partial charge in [0.1, 0.15) is 18.0 Å². The van der Waals surface area contributed by atoms with Crippen LogP contribution in [0.2, 0.25) is 0 Å². The average Bonchev–Trinajstić information content (AvgIpc) is 2.84. The molecule has 2 aromatic heterocycles. The zero-order valence-electron chi connectivity index (χ0n) is 17.7. The number of hydrogen-bond acceptors (Lipinski definition) is 6. The van der Waals surface area contributed by atoms with E-state index in [0.29, 0.717) is 11.8 Å². The number of benzene rings is 2. The third kappa shape index (κ3) is 4.84. The monoisotopic (exact) mass is 429 g/mol. The first-order valence-corrected chi connectivity index (χ1v) is 10.8. The molecule has 0 atom stereocenters. The van der Waals surface area contributed by atoms with Crippen LogP contribution < -0.4 is 9.64 Å². The lowest BCUT2D eigenvalue weighted by atomic mass is 10.1. The highest BCUT2D eigenvalue weighted by atomic mass is 19.1. The van der Waals surface area contributed by atoms with Crippen molar-refractivity contribution in [2.75, 3.05) is 37.6 Å². The Hall–Kier alpha value is -3.58. The second-order valence-corrected chi connectivity index (χ2v) is 7.86. The molecular formula is C25H24FN5O. The molecule has 0 bridgehead atoms. The van der Waals surface area contributed by atoms with E-state index in [1.165, 1.54) is 18.5 Å². The molecule has 0 saturated carbocycles. The minimum Gasteiger partial charge on any atom is -0.421 e. The van der Waals surface area contributed by atoms with Crippen LogP contribution in [0.3, 0.4) is 0 Å². The number of piperazine rings is 1. The summed E-state index contributed by atoms with van der Waals surface area (Å²) in [6.45, 7) is 4.63. The maximum atomic E-state index is 13.1. The normalized spacial score (nSPS) is 14.6. The van der Waals surface area contributed by atoms with Crippen LogP contribution >= 0.6 is 0 Å². The lowest BCUT2D eigenvalue weighted by molar-refractivity contribution is 0.260. The number of aromatic nitrogens is 3. The van der Waals surface area contributed by atoms with Crippen molar-refractivity contribution in [2.45, 2.75) is 6.42 Å². The van der Waals surface area contributed by atoms with Gasteiger partial charge in [0.15, 0.2) is 0 Å². The number of anilines is 1. The third-order valence-corrected chi connectivity index (χ3v) is 5.74. The number of fused-ring (bicyclic) bond motifs is 1. The molecule has 0 amide bonds. The van der Waals surface area contributed by atoms with Gasteiger partial charge in [-0.1, -0.05) is 30.3 Å². The van der Waals surface area contributed by atoms with Crippen molar-refractivity contribution >= 4 is 16.7 Å². The highest BCUT2D eigenvalue weighted by molar-refractivity contribution is 5.78. The van der Waals surface area contributed by atoms with Crippen LogP contribution in [0.4, 0.5) is 10.2 Å². The Morgan fingerprint density at radius 2 is 1.66 bits per heavy atom. The molecule has 1 aliphatic heterocycles. The lowest BCUT2D eigenvalue weighted by Crippen LogP contribution is -2.47. The Balaban J connectivity index is 1.18. The zero-order valence-corrected chi connectivity index (χ0v) is 17.7. The van der Waals surface area contributed by atoms with Crippen molar-refractivity contribution in [1.82, 2.24) is 19.9 Å². The zero-order chi connectivity index (χ0) is 21.8. The Bertz CT molecular complexity index is 1190. The SMILES string of the molecule is Fc1ccc(CCN2CCN(c3cc(Oc4ccc5ccccc5n4)ncn3)CC2)cc1. The van der Waals surface area contributed by atoms with Crippen molar-refractivity contribution < 1.29 is 9.13 Å². The second-order valence-electron chi connectivity index (χ2n) is 7.86. The van der Waals surface area contributed by atoms with Gasteiger partial charge in [0, 0.05) is 50.2 Å². The summed E-state index contributed by atoms with van der Waals surface area (Å²) in [4.78, 5) is 17.9. The first-order chi connectivity index (χ1) is 15.7. The minimum absolute atomic E-state index is 0.188. The summed E-state index contributed by atoms with van der Waals surface area (Å²) < 4.78 is 19.0. The van der Waals surface area contributed by atoms with Crippen LogP contribution in [0.15, 0.2) is 73.1 Å². The van der Waals surface area contributed by atoms with Gasteiger partial charge in [-0.2, -0.15) is 0 Å². The number of rotatable bonds is 6. The predicted molar refractivity (Wildman–Crippen MR) is 123 cm³/mol. The van der Waals surface area contributed by atoms with Crippen LogP contribution in [-0.4, -0.2) is 52.6 Å². The number of pyridine rings is 1. The number of halogens is 1. The average molecular weight is 429 g/mol. The fraction of sp³-hybridized carbons (Fsp3) is 0.240. The van der Waals surface area contributed by atoms with Gasteiger partial charge in [-0.3, -0.25) is 4.90 Å². The van der Waals surface area contributed by atoms with Gasteiger partial charge in [0.25, 0.3) is 0 Å². The first-order valence-electron chi connectivity index (χ1n) is 10.8. The molecule has 0 radical (unpaired) electrons. The summed E-state index contributed by atoms with van der Waals surface area (Å²) in [5.74, 6) is 1.66. The summed E-state index contributed by atoms with van der Waals surface area (Å²) in [5, 5.41) is 1.07. The molecule has 2 aromatic carbocycles. The topological polar surface area (TPSA) is 54.4 Å². The van der Waals surface area contributed by atoms with E-state index in [9.17, 15) is 4.39 Å². The predicted octanol–water partition coefficient (Wildman–Crippen LogP) is 4.32. The van der Waals surface area contributed by atoms with Crippen molar-refractivity contribution in [3.05, 3.63) is 84.4 Å². The second kappa shape index (κ2) is 9.28. The molecule has 1 aliphatic rings. The molecule has 0 aliphatic carbocycles. The van der Waals surface area contributed by atoms with Crippen LogP contribution in [-0.2, 0) is 6.42 Å². The van der Waals surface area contributed by atoms with Crippen LogP contribution in [0.5, 0.6) is 11.8 Å². The first kappa shape index (κ1) is 20.3. The van der Waals surface area contributed by atoms with E-state index >= 15 is 0 Å². The van der Waals surface area contributed by atoms with Gasteiger partial charge >= 0.3 is 0 Å². The van der Waals surface area contributed by atoms with E-state index in [2.05, 4.69) is 24.8 Å². The molecule has 7 heteroatoms. The van der Waals surface area contributed by atoms with Crippen LogP contribution in [0.1, 0.15) is 5.56 Å². The van der Waals surface area contributed by atoms with Gasteiger partial charge < -0.3 is 9.64 Å². The van der Waals surface area contributed by atoms with E-state index in [0.717, 1.165) is 61.4 Å². The molecule has 32 heavy (non-hydrogen) atoms. The molecule has 5 rings (SSSR count). The molecule has 1 saturated heterocycles. The summed E-state index contributed by atoms with van der Waals surface area (Å²) >= 11 is 0. The molecular weight excluding hydrogens is 405 g/mol. The molecule has 4 aromatic rings.